The number of hydrogen-bond donors (Lipinski definition) is 4. The number of nitro groups is 4. The third-order valence-corrected chi connectivity index (χ3v) is 6.52. The molecule has 0 bridgehead atoms. The molecule has 0 saturated heterocycles. The Bertz CT molecular complexity index is 1940. The van der Waals surface area contributed by atoms with Crippen molar-refractivity contribution in [3.05, 3.63) is 141 Å². The summed E-state index contributed by atoms with van der Waals surface area (Å²) < 4.78 is 0. The van der Waals surface area contributed by atoms with Crippen LogP contribution in [0.2, 0.25) is 0 Å². The Morgan fingerprint density at radius 2 is 0.827 bits per heavy atom. The second kappa shape index (κ2) is 19.6. The van der Waals surface area contributed by atoms with Gasteiger partial charge in [-0.1, -0.05) is 0 Å². The van der Waals surface area contributed by atoms with Crippen molar-refractivity contribution < 1.29 is 34.1 Å². The highest BCUT2D eigenvalue weighted by Gasteiger charge is 2.13. The number of nitrogens with two attached hydrogens (primary N) is 2. The number of nitrogens with one attached hydrogen (secondary N) is 2. The van der Waals surface area contributed by atoms with Gasteiger partial charge in [-0.2, -0.15) is 0 Å². The number of carbonyl (C=O) groups is 3. The minimum Gasteiger partial charge on any atom is -0.399 e. The standard InChI is InChI=1S/2C9H10N2O3.C8H8N2O3.C7H8N2O2/c2*1-6-5-8(10-7(2)12)3-4-9(6)11(13)14;1-5-4-6(8(9)11)2-3-7(5)10(12)13;1-5-4-6(8)2-3-7(5)9(10)11/h2*3-5H,1-2H3,(H,10,12);2-4H,1H3,(H2,9,11);2-4H,8H2,1H3. The molecule has 0 radical (unpaired) electrons. The van der Waals surface area contributed by atoms with Crippen molar-refractivity contribution in [3.63, 3.8) is 0 Å². The molecule has 0 aromatic heterocycles. The third-order valence-electron chi connectivity index (χ3n) is 6.52. The lowest BCUT2D eigenvalue weighted by Crippen LogP contribution is -2.11. The molecule has 0 heterocycles. The van der Waals surface area contributed by atoms with Gasteiger partial charge < -0.3 is 22.1 Å². The molecule has 0 spiro atoms. The van der Waals surface area contributed by atoms with E-state index in [2.05, 4.69) is 10.6 Å². The van der Waals surface area contributed by atoms with Crippen LogP contribution < -0.4 is 22.1 Å². The maximum Gasteiger partial charge on any atom is 0.272 e. The highest BCUT2D eigenvalue weighted by molar-refractivity contribution is 5.93. The van der Waals surface area contributed by atoms with Crippen molar-refractivity contribution in [1.29, 1.82) is 0 Å². The summed E-state index contributed by atoms with van der Waals surface area (Å²) in [6.07, 6.45) is 0. The van der Waals surface area contributed by atoms with Gasteiger partial charge in [0.15, 0.2) is 0 Å². The van der Waals surface area contributed by atoms with Crippen LogP contribution in [0.15, 0.2) is 72.8 Å². The number of nitro benzene ring substituents is 4. The van der Waals surface area contributed by atoms with E-state index in [-0.39, 0.29) is 40.1 Å². The van der Waals surface area contributed by atoms with Gasteiger partial charge in [-0.3, -0.25) is 54.8 Å². The van der Waals surface area contributed by atoms with E-state index in [0.29, 0.717) is 39.3 Å². The zero-order valence-electron chi connectivity index (χ0n) is 28.9. The van der Waals surface area contributed by atoms with E-state index in [1.165, 1.54) is 68.4 Å². The molecule has 4 rings (SSSR count). The Morgan fingerprint density at radius 3 is 1.10 bits per heavy atom. The van der Waals surface area contributed by atoms with Gasteiger partial charge in [-0.15, -0.1) is 0 Å². The minimum atomic E-state index is -0.585. The Morgan fingerprint density at radius 1 is 0.519 bits per heavy atom. The smallest absolute Gasteiger partial charge is 0.272 e. The van der Waals surface area contributed by atoms with E-state index < -0.39 is 25.6 Å². The molecule has 0 unspecified atom stereocenters. The van der Waals surface area contributed by atoms with Gasteiger partial charge in [0.2, 0.25) is 17.7 Å². The Balaban J connectivity index is 0.000000348. The van der Waals surface area contributed by atoms with Gasteiger partial charge in [0.1, 0.15) is 0 Å². The van der Waals surface area contributed by atoms with Gasteiger partial charge in [0.25, 0.3) is 22.7 Å². The fourth-order valence-corrected chi connectivity index (χ4v) is 4.18. The molecule has 52 heavy (non-hydrogen) atoms. The fraction of sp³-hybridized carbons (Fsp3) is 0.182. The largest absolute Gasteiger partial charge is 0.399 e. The number of nitrogens with zero attached hydrogens (tertiary/aromatic N) is 4. The van der Waals surface area contributed by atoms with E-state index in [0.717, 1.165) is 0 Å². The topological polar surface area (TPSA) is 300 Å². The molecule has 0 atom stereocenters. The van der Waals surface area contributed by atoms with Crippen LogP contribution in [-0.4, -0.2) is 37.4 Å². The van der Waals surface area contributed by atoms with Crippen LogP contribution in [0, 0.1) is 68.2 Å². The number of primary amides is 1. The fourth-order valence-electron chi connectivity index (χ4n) is 4.18. The van der Waals surface area contributed by atoms with E-state index in [9.17, 15) is 54.8 Å². The first-order chi connectivity index (χ1) is 24.1. The summed E-state index contributed by atoms with van der Waals surface area (Å²) in [6.45, 7) is 9.25. The number of anilines is 3. The number of carbonyl (C=O) groups excluding carboxylic acids is 3. The summed E-state index contributed by atoms with van der Waals surface area (Å²) in [6, 6.07) is 17.4. The van der Waals surface area contributed by atoms with Gasteiger partial charge in [-0.25, -0.2) is 0 Å². The van der Waals surface area contributed by atoms with E-state index >= 15 is 0 Å². The summed E-state index contributed by atoms with van der Waals surface area (Å²) in [5, 5.41) is 46.7. The predicted molar refractivity (Wildman–Crippen MR) is 193 cm³/mol. The molecule has 0 aliphatic carbocycles. The lowest BCUT2D eigenvalue weighted by molar-refractivity contribution is -0.385. The van der Waals surface area contributed by atoms with Crippen molar-refractivity contribution in [2.75, 3.05) is 16.4 Å². The molecule has 19 nitrogen and oxygen atoms in total. The van der Waals surface area contributed by atoms with Crippen molar-refractivity contribution in [3.8, 4) is 0 Å². The lowest BCUT2D eigenvalue weighted by atomic mass is 10.1. The van der Waals surface area contributed by atoms with Crippen molar-refractivity contribution in [2.24, 2.45) is 5.73 Å². The quantitative estimate of drug-likeness (QED) is 0.0940. The van der Waals surface area contributed by atoms with Crippen molar-refractivity contribution in [1.82, 2.24) is 0 Å². The number of rotatable bonds is 7. The van der Waals surface area contributed by atoms with Crippen LogP contribution in [0.3, 0.4) is 0 Å². The van der Waals surface area contributed by atoms with Crippen LogP contribution in [0.25, 0.3) is 0 Å². The minimum absolute atomic E-state index is 0.00926. The van der Waals surface area contributed by atoms with E-state index in [1.54, 1.807) is 45.9 Å². The maximum absolute atomic E-state index is 10.7. The number of amides is 3. The van der Waals surface area contributed by atoms with Crippen LogP contribution in [0.5, 0.6) is 0 Å². The number of benzene rings is 4. The second-order valence-corrected chi connectivity index (χ2v) is 10.8. The SMILES string of the molecule is CC(=O)Nc1ccc([N+](=O)[O-])c(C)c1.CC(=O)Nc1ccc([N+](=O)[O-])c(C)c1.Cc1cc(C(N)=O)ccc1[N+](=O)[O-].Cc1cc(N)ccc1[N+](=O)[O-]. The highest BCUT2D eigenvalue weighted by Crippen LogP contribution is 2.23. The Kier molecular flexibility index (Phi) is 16.1. The molecule has 0 aliphatic heterocycles. The van der Waals surface area contributed by atoms with E-state index in [4.69, 9.17) is 11.5 Å². The number of hydrogen-bond acceptors (Lipinski definition) is 12. The molecular weight excluding hydrogens is 684 g/mol. The molecular formula is C33H36N8O11. The molecule has 3 amide bonds. The molecule has 6 N–H and O–H groups in total. The Hall–Kier alpha value is -7.31. The summed E-state index contributed by atoms with van der Waals surface area (Å²) in [4.78, 5) is 71.9. The molecule has 0 fully saturated rings. The Labute approximate surface area is 296 Å². The predicted octanol–water partition coefficient (Wildman–Crippen LogP) is 6.21. The summed E-state index contributed by atoms with van der Waals surface area (Å²) in [5.74, 6) is -0.977. The molecule has 19 heteroatoms. The monoisotopic (exact) mass is 720 g/mol. The normalized spacial score (nSPS) is 9.58. The first-order valence-corrected chi connectivity index (χ1v) is 14.7. The summed E-state index contributed by atoms with van der Waals surface area (Å²) >= 11 is 0. The zero-order chi connectivity index (χ0) is 39.9. The molecule has 4 aromatic rings. The van der Waals surface area contributed by atoms with Crippen molar-refractivity contribution >= 4 is 57.5 Å². The van der Waals surface area contributed by atoms with Crippen molar-refractivity contribution in [2.45, 2.75) is 41.5 Å². The summed E-state index contributed by atoms with van der Waals surface area (Å²) in [7, 11) is 0. The van der Waals surface area contributed by atoms with Gasteiger partial charge in [-0.05, 0) is 76.2 Å². The second-order valence-electron chi connectivity index (χ2n) is 10.8. The molecule has 4 aromatic carbocycles. The maximum atomic E-state index is 10.7. The molecule has 0 saturated carbocycles. The van der Waals surface area contributed by atoms with Gasteiger partial charge in [0, 0.05) is 83.0 Å². The summed E-state index contributed by atoms with van der Waals surface area (Å²) in [5.41, 5.74) is 14.7. The van der Waals surface area contributed by atoms with Crippen LogP contribution >= 0.6 is 0 Å². The average molecular weight is 721 g/mol. The lowest BCUT2D eigenvalue weighted by Gasteiger charge is -2.03. The highest BCUT2D eigenvalue weighted by atomic mass is 16.6. The number of aryl methyl sites for hydroxylation is 4. The first-order valence-electron chi connectivity index (χ1n) is 14.7. The molecule has 274 valence electrons. The first kappa shape index (κ1) is 42.7. The molecule has 0 aliphatic rings. The van der Waals surface area contributed by atoms with Crippen LogP contribution in [-0.2, 0) is 9.59 Å². The van der Waals surface area contributed by atoms with E-state index in [1.807, 2.05) is 0 Å². The van der Waals surface area contributed by atoms with Crippen LogP contribution in [0.1, 0.15) is 46.5 Å². The van der Waals surface area contributed by atoms with Crippen LogP contribution in [0.4, 0.5) is 39.8 Å². The van der Waals surface area contributed by atoms with Gasteiger partial charge in [0.05, 0.1) is 19.7 Å². The average Bonchev–Trinajstić information content (AvgIpc) is 3.00. The number of nitrogen functional groups attached to an aromatic ring is 1. The zero-order valence-corrected chi connectivity index (χ0v) is 28.9. The van der Waals surface area contributed by atoms with Gasteiger partial charge >= 0.3 is 0 Å². The third kappa shape index (κ3) is 14.0.